The largest absolute Gasteiger partial charge is 0.493 e. The number of hydrogen-bond acceptors (Lipinski definition) is 8. The molecule has 3 atom stereocenters. The van der Waals surface area contributed by atoms with Crippen LogP contribution in [0, 0.1) is 11.7 Å². The third-order valence-electron chi connectivity index (χ3n) is 7.90. The average molecular weight is 598 g/mol. The highest BCUT2D eigenvalue weighted by molar-refractivity contribution is 8.00. The third kappa shape index (κ3) is 4.72. The zero-order valence-corrected chi connectivity index (χ0v) is 24.1. The van der Waals surface area contributed by atoms with Crippen molar-refractivity contribution < 1.29 is 28.2 Å². The van der Waals surface area contributed by atoms with Crippen LogP contribution in [0.2, 0.25) is 0 Å². The molecule has 1 aromatic heterocycles. The van der Waals surface area contributed by atoms with Crippen molar-refractivity contribution in [3.8, 4) is 11.5 Å². The predicted molar refractivity (Wildman–Crippen MR) is 152 cm³/mol. The third-order valence-corrected chi connectivity index (χ3v) is 10.5. The molecule has 2 aromatic carbocycles. The van der Waals surface area contributed by atoms with Gasteiger partial charge < -0.3 is 14.4 Å². The molecule has 41 heavy (non-hydrogen) atoms. The van der Waals surface area contributed by atoms with Gasteiger partial charge in [0.05, 0.1) is 30.9 Å². The quantitative estimate of drug-likeness (QED) is 0.398. The second-order valence-corrected chi connectivity index (χ2v) is 12.3. The number of likely N-dealkylation sites (tertiary alicyclic amines) is 1. The normalized spacial score (nSPS) is 22.0. The number of piperidine rings is 1. The number of carbonyl (C=O) groups excluding carboxylic acids is 3. The maximum Gasteiger partial charge on any atom is 0.308 e. The van der Waals surface area contributed by atoms with E-state index in [0.717, 1.165) is 47.3 Å². The van der Waals surface area contributed by atoms with E-state index in [2.05, 4.69) is 0 Å². The van der Waals surface area contributed by atoms with E-state index in [0.29, 0.717) is 40.1 Å². The SMILES string of the molecule is COc1ccc(C2c3sc(=O)n(CC(=O)N4CCCCC4)c3SC3C(=O)N(c4ccc(F)cc4)C(=O)C32)cc1OC. The topological polar surface area (TPSA) is 98.1 Å². The van der Waals surface area contributed by atoms with Crippen LogP contribution in [-0.2, 0) is 20.9 Å². The van der Waals surface area contributed by atoms with E-state index in [4.69, 9.17) is 9.47 Å². The van der Waals surface area contributed by atoms with Crippen molar-refractivity contribution >= 4 is 46.5 Å². The number of aromatic nitrogens is 1. The fraction of sp³-hybridized carbons (Fsp3) is 0.379. The summed E-state index contributed by atoms with van der Waals surface area (Å²) in [4.78, 5) is 57.6. The summed E-state index contributed by atoms with van der Waals surface area (Å²) in [6.07, 6.45) is 2.93. The number of ether oxygens (including phenoxy) is 2. The Morgan fingerprint density at radius 1 is 0.951 bits per heavy atom. The monoisotopic (exact) mass is 597 g/mol. The first-order chi connectivity index (χ1) is 19.8. The van der Waals surface area contributed by atoms with E-state index in [1.54, 1.807) is 23.1 Å². The first-order valence-electron chi connectivity index (χ1n) is 13.4. The van der Waals surface area contributed by atoms with Crippen LogP contribution in [0.1, 0.15) is 35.6 Å². The second kappa shape index (κ2) is 11.0. The van der Waals surface area contributed by atoms with E-state index < -0.39 is 34.7 Å². The Hall–Kier alpha value is -3.64. The van der Waals surface area contributed by atoms with Crippen molar-refractivity contribution in [2.45, 2.75) is 42.0 Å². The van der Waals surface area contributed by atoms with Crippen molar-refractivity contribution in [2.24, 2.45) is 5.92 Å². The average Bonchev–Trinajstić information content (AvgIpc) is 3.43. The Labute approximate surface area is 243 Å². The second-order valence-electron chi connectivity index (χ2n) is 10.2. The van der Waals surface area contributed by atoms with Crippen molar-refractivity contribution in [1.29, 1.82) is 0 Å². The van der Waals surface area contributed by atoms with Gasteiger partial charge in [0.25, 0.3) is 0 Å². The number of halogens is 1. The van der Waals surface area contributed by atoms with Gasteiger partial charge >= 0.3 is 4.87 Å². The molecule has 6 rings (SSSR count). The summed E-state index contributed by atoms with van der Waals surface area (Å²) in [5, 5.41) is -0.322. The van der Waals surface area contributed by atoms with Crippen LogP contribution in [-0.4, -0.2) is 59.7 Å². The number of anilines is 1. The van der Waals surface area contributed by atoms with Crippen LogP contribution < -0.4 is 19.2 Å². The zero-order chi connectivity index (χ0) is 28.8. The summed E-state index contributed by atoms with van der Waals surface area (Å²) in [6.45, 7) is 1.19. The number of methoxy groups -OCH3 is 2. The molecule has 9 nitrogen and oxygen atoms in total. The van der Waals surface area contributed by atoms with Gasteiger partial charge in [0, 0.05) is 23.9 Å². The molecule has 0 aliphatic carbocycles. The molecule has 3 aromatic rings. The lowest BCUT2D eigenvalue weighted by Crippen LogP contribution is -2.39. The van der Waals surface area contributed by atoms with Gasteiger partial charge in [-0.15, -0.1) is 0 Å². The number of nitrogens with zero attached hydrogens (tertiary/aromatic N) is 3. The van der Waals surface area contributed by atoms with Gasteiger partial charge in [0.1, 0.15) is 17.6 Å². The highest BCUT2D eigenvalue weighted by Crippen LogP contribution is 2.54. The lowest BCUT2D eigenvalue weighted by atomic mass is 9.83. The van der Waals surface area contributed by atoms with Gasteiger partial charge in [-0.2, -0.15) is 0 Å². The number of thiazole rings is 1. The number of carbonyl (C=O) groups is 3. The maximum atomic E-state index is 14.0. The Kier molecular flexibility index (Phi) is 7.37. The molecular formula is C29H28FN3O6S2. The molecule has 0 bridgehead atoms. The van der Waals surface area contributed by atoms with E-state index in [1.807, 2.05) is 0 Å². The Balaban J connectivity index is 1.46. The highest BCUT2D eigenvalue weighted by Gasteiger charge is 2.57. The standard InChI is InChI=1S/C29H28FN3O6S2/c1-38-19-11-6-16(14-20(19)39-2)22-23-24(27(36)33(26(23)35)18-9-7-17(30)8-10-18)40-28-25(22)41-29(37)32(28)15-21(34)31-12-4-3-5-13-31/h6-11,14,22-24H,3-5,12-13,15H2,1-2H3. The summed E-state index contributed by atoms with van der Waals surface area (Å²) in [6, 6.07) is 10.5. The summed E-state index contributed by atoms with van der Waals surface area (Å²) < 4.78 is 26.0. The van der Waals surface area contributed by atoms with E-state index in [1.165, 1.54) is 43.1 Å². The van der Waals surface area contributed by atoms with Crippen molar-refractivity contribution in [3.05, 3.63) is 68.4 Å². The molecule has 214 valence electrons. The van der Waals surface area contributed by atoms with Gasteiger partial charge in [0.15, 0.2) is 11.5 Å². The lowest BCUT2D eigenvalue weighted by molar-refractivity contribution is -0.133. The number of hydrogen-bond donors (Lipinski definition) is 0. The van der Waals surface area contributed by atoms with Crippen LogP contribution in [0.3, 0.4) is 0 Å². The molecule has 0 saturated carbocycles. The summed E-state index contributed by atoms with van der Waals surface area (Å²) in [5.41, 5.74) is 0.959. The van der Waals surface area contributed by atoms with Crippen molar-refractivity contribution in [3.63, 3.8) is 0 Å². The van der Waals surface area contributed by atoms with Gasteiger partial charge in [-0.25, -0.2) is 9.29 Å². The van der Waals surface area contributed by atoms with E-state index in [-0.39, 0.29) is 23.0 Å². The minimum absolute atomic E-state index is 0.127. The molecule has 3 unspecified atom stereocenters. The molecule has 0 spiro atoms. The summed E-state index contributed by atoms with van der Waals surface area (Å²) >= 11 is 2.15. The highest BCUT2D eigenvalue weighted by atomic mass is 32.2. The van der Waals surface area contributed by atoms with Crippen LogP contribution in [0.15, 0.2) is 52.3 Å². The number of fused-ring (bicyclic) bond motifs is 2. The van der Waals surface area contributed by atoms with E-state index >= 15 is 0 Å². The van der Waals surface area contributed by atoms with Crippen LogP contribution in [0.4, 0.5) is 10.1 Å². The van der Waals surface area contributed by atoms with Crippen LogP contribution >= 0.6 is 23.1 Å². The van der Waals surface area contributed by atoms with Crippen LogP contribution in [0.25, 0.3) is 0 Å². The molecule has 12 heteroatoms. The predicted octanol–water partition coefficient (Wildman–Crippen LogP) is 3.87. The van der Waals surface area contributed by atoms with Crippen molar-refractivity contribution in [1.82, 2.24) is 9.47 Å². The zero-order valence-electron chi connectivity index (χ0n) is 22.5. The number of amides is 3. The minimum atomic E-state index is -0.844. The molecule has 2 saturated heterocycles. The maximum absolute atomic E-state index is 14.0. The molecule has 3 aliphatic rings. The summed E-state index contributed by atoms with van der Waals surface area (Å²) in [5.74, 6) is -2.03. The van der Waals surface area contributed by atoms with Gasteiger partial charge in [-0.3, -0.25) is 23.7 Å². The molecule has 3 aliphatic heterocycles. The molecule has 3 amide bonds. The summed E-state index contributed by atoms with van der Waals surface area (Å²) in [7, 11) is 3.03. The van der Waals surface area contributed by atoms with Gasteiger partial charge in [0.2, 0.25) is 17.7 Å². The Morgan fingerprint density at radius 2 is 1.66 bits per heavy atom. The first-order valence-corrected chi connectivity index (χ1v) is 15.0. The minimum Gasteiger partial charge on any atom is -0.493 e. The Bertz CT molecular complexity index is 1580. The molecule has 2 fully saturated rings. The van der Waals surface area contributed by atoms with Gasteiger partial charge in [-0.05, 0) is 61.2 Å². The van der Waals surface area contributed by atoms with Crippen LogP contribution in [0.5, 0.6) is 11.5 Å². The first kappa shape index (κ1) is 27.5. The molecule has 0 N–H and O–H groups in total. The van der Waals surface area contributed by atoms with Crippen molar-refractivity contribution in [2.75, 3.05) is 32.2 Å². The number of imide groups is 1. The Morgan fingerprint density at radius 3 is 2.34 bits per heavy atom. The fourth-order valence-corrected chi connectivity index (χ4v) is 8.66. The molecule has 0 radical (unpaired) electrons. The number of benzene rings is 2. The van der Waals surface area contributed by atoms with Gasteiger partial charge in [-0.1, -0.05) is 29.2 Å². The fourth-order valence-electron chi connectivity index (χ4n) is 5.88. The smallest absolute Gasteiger partial charge is 0.308 e. The number of rotatable bonds is 6. The molecule has 4 heterocycles. The lowest BCUT2D eigenvalue weighted by Gasteiger charge is -2.31. The van der Waals surface area contributed by atoms with E-state index in [9.17, 15) is 23.6 Å². The number of thioether (sulfide) groups is 1. The molecular weight excluding hydrogens is 569 g/mol.